The van der Waals surface area contributed by atoms with Crippen LogP contribution in [0.1, 0.15) is 20.8 Å². The van der Waals surface area contributed by atoms with Gasteiger partial charge in [-0.15, -0.1) is 0 Å². The maximum absolute atomic E-state index is 10.0. The van der Waals surface area contributed by atoms with Crippen LogP contribution in [-0.4, -0.2) is 11.6 Å². The highest BCUT2D eigenvalue weighted by Gasteiger charge is 1.85. The van der Waals surface area contributed by atoms with Gasteiger partial charge >= 0.3 is 0 Å². The molecule has 0 bridgehead atoms. The number of ketones is 2. The third-order valence-electron chi connectivity index (χ3n) is 0.888. The summed E-state index contributed by atoms with van der Waals surface area (Å²) in [5.74, 6) is 0.0833. The molecular formula is C9H14O2. The summed E-state index contributed by atoms with van der Waals surface area (Å²) in [5.41, 5.74) is 0.620. The first-order valence-electron chi connectivity index (χ1n) is 3.21. The summed E-state index contributed by atoms with van der Waals surface area (Å²) in [6.45, 7) is 11.3. The Bertz CT molecular complexity index is 166. The molecule has 0 aliphatic rings. The van der Waals surface area contributed by atoms with Crippen molar-refractivity contribution in [2.75, 3.05) is 0 Å². The lowest BCUT2D eigenvalue weighted by Crippen LogP contribution is -1.86. The lowest BCUT2D eigenvalue weighted by molar-refractivity contribution is -0.114. The molecule has 0 N–H and O–H groups in total. The van der Waals surface area contributed by atoms with Gasteiger partial charge in [0.1, 0.15) is 0 Å². The molecule has 62 valence electrons. The topological polar surface area (TPSA) is 34.1 Å². The van der Waals surface area contributed by atoms with Crippen molar-refractivity contribution in [3.05, 3.63) is 24.8 Å². The van der Waals surface area contributed by atoms with Crippen LogP contribution in [0, 0.1) is 0 Å². The highest BCUT2D eigenvalue weighted by Crippen LogP contribution is 1.84. The second kappa shape index (κ2) is 6.93. The Hall–Kier alpha value is -1.18. The molecule has 0 aliphatic heterocycles. The lowest BCUT2D eigenvalue weighted by atomic mass is 10.3. The van der Waals surface area contributed by atoms with E-state index in [-0.39, 0.29) is 11.6 Å². The van der Waals surface area contributed by atoms with E-state index >= 15 is 0 Å². The summed E-state index contributed by atoms with van der Waals surface area (Å²) in [7, 11) is 0. The van der Waals surface area contributed by atoms with E-state index in [0.29, 0.717) is 5.57 Å². The molecule has 0 rings (SSSR count). The van der Waals surface area contributed by atoms with Gasteiger partial charge in [0, 0.05) is 0 Å². The van der Waals surface area contributed by atoms with Crippen molar-refractivity contribution < 1.29 is 9.59 Å². The number of hydrogen-bond donors (Lipinski definition) is 0. The fourth-order valence-electron chi connectivity index (χ4n) is 0. The molecule has 0 aromatic rings. The van der Waals surface area contributed by atoms with Crippen LogP contribution in [0.3, 0.4) is 0 Å². The molecule has 0 heterocycles. The van der Waals surface area contributed by atoms with Crippen LogP contribution in [0.4, 0.5) is 0 Å². The van der Waals surface area contributed by atoms with E-state index < -0.39 is 0 Å². The SMILES string of the molecule is C=C(C)C(C)=O.C=CC(C)=O. The number of Topliss-reactive ketones (excluding diaryl/α,β-unsaturated/α-hetero) is 1. The van der Waals surface area contributed by atoms with E-state index in [2.05, 4.69) is 13.2 Å². The summed E-state index contributed by atoms with van der Waals surface area (Å²) in [6, 6.07) is 0. The van der Waals surface area contributed by atoms with Gasteiger partial charge < -0.3 is 0 Å². The summed E-state index contributed by atoms with van der Waals surface area (Å²) < 4.78 is 0. The molecule has 0 saturated carbocycles. The van der Waals surface area contributed by atoms with Gasteiger partial charge in [0.15, 0.2) is 11.6 Å². The first-order chi connectivity index (χ1) is 4.91. The predicted molar refractivity (Wildman–Crippen MR) is 46.4 cm³/mol. The molecular weight excluding hydrogens is 140 g/mol. The van der Waals surface area contributed by atoms with Crippen LogP contribution in [0.25, 0.3) is 0 Å². The molecule has 0 aromatic heterocycles. The van der Waals surface area contributed by atoms with Gasteiger partial charge in [0.25, 0.3) is 0 Å². The van der Waals surface area contributed by atoms with Crippen LogP contribution in [-0.2, 0) is 9.59 Å². The maximum Gasteiger partial charge on any atom is 0.154 e. The molecule has 0 atom stereocenters. The van der Waals surface area contributed by atoms with Crippen molar-refractivity contribution in [1.82, 2.24) is 0 Å². The fourth-order valence-corrected chi connectivity index (χ4v) is 0. The molecule has 0 spiro atoms. The molecule has 0 fully saturated rings. The zero-order valence-electron chi connectivity index (χ0n) is 7.31. The van der Waals surface area contributed by atoms with Crippen LogP contribution < -0.4 is 0 Å². The van der Waals surface area contributed by atoms with Crippen molar-refractivity contribution in [1.29, 1.82) is 0 Å². The number of allylic oxidation sites excluding steroid dienone is 2. The summed E-state index contributed by atoms with van der Waals surface area (Å²) in [5, 5.41) is 0. The highest BCUT2D eigenvalue weighted by molar-refractivity contribution is 5.91. The molecule has 0 saturated heterocycles. The quantitative estimate of drug-likeness (QED) is 0.569. The van der Waals surface area contributed by atoms with E-state index in [9.17, 15) is 9.59 Å². The third-order valence-corrected chi connectivity index (χ3v) is 0.888. The highest BCUT2D eigenvalue weighted by atomic mass is 16.1. The van der Waals surface area contributed by atoms with E-state index in [0.717, 1.165) is 0 Å². The smallest absolute Gasteiger partial charge is 0.154 e. The molecule has 0 radical (unpaired) electrons. The van der Waals surface area contributed by atoms with Crippen molar-refractivity contribution >= 4 is 11.6 Å². The van der Waals surface area contributed by atoms with Crippen LogP contribution in [0.15, 0.2) is 24.8 Å². The average molecular weight is 154 g/mol. The van der Waals surface area contributed by atoms with Crippen LogP contribution in [0.2, 0.25) is 0 Å². The molecule has 11 heavy (non-hydrogen) atoms. The first-order valence-corrected chi connectivity index (χ1v) is 3.21. The average Bonchev–Trinajstić information content (AvgIpc) is 1.89. The summed E-state index contributed by atoms with van der Waals surface area (Å²) in [4.78, 5) is 19.7. The zero-order chi connectivity index (χ0) is 9.44. The minimum Gasteiger partial charge on any atom is -0.295 e. The lowest BCUT2D eigenvalue weighted by Gasteiger charge is -1.80. The van der Waals surface area contributed by atoms with Gasteiger partial charge in [-0.3, -0.25) is 9.59 Å². The van der Waals surface area contributed by atoms with Gasteiger partial charge in [0.2, 0.25) is 0 Å². The maximum atomic E-state index is 10.0. The van der Waals surface area contributed by atoms with Crippen molar-refractivity contribution in [2.24, 2.45) is 0 Å². The predicted octanol–water partition coefficient (Wildman–Crippen LogP) is 1.91. The molecule has 0 unspecified atom stereocenters. The second-order valence-corrected chi connectivity index (χ2v) is 2.15. The Balaban J connectivity index is 0. The largest absolute Gasteiger partial charge is 0.295 e. The van der Waals surface area contributed by atoms with Crippen LogP contribution >= 0.6 is 0 Å². The van der Waals surface area contributed by atoms with Gasteiger partial charge in [-0.2, -0.15) is 0 Å². The third kappa shape index (κ3) is 17.7. The normalized spacial score (nSPS) is 7.18. The van der Waals surface area contributed by atoms with Crippen molar-refractivity contribution in [3.8, 4) is 0 Å². The standard InChI is InChI=1S/C5H8O.C4H6O/c1-4(2)5(3)6;1-3-4(2)5/h1H2,2-3H3;3H,1H2,2H3. The van der Waals surface area contributed by atoms with Gasteiger partial charge in [-0.1, -0.05) is 13.2 Å². The molecule has 0 amide bonds. The Kier molecular flexibility index (Phi) is 7.87. The second-order valence-electron chi connectivity index (χ2n) is 2.15. The molecule has 2 nitrogen and oxygen atoms in total. The summed E-state index contributed by atoms with van der Waals surface area (Å²) in [6.07, 6.45) is 1.28. The fraction of sp³-hybridized carbons (Fsp3) is 0.333. The van der Waals surface area contributed by atoms with Gasteiger partial charge in [0.05, 0.1) is 0 Å². The molecule has 0 aromatic carbocycles. The Morgan fingerprint density at radius 3 is 1.36 bits per heavy atom. The number of carbonyl (C=O) groups is 2. The van der Waals surface area contributed by atoms with Gasteiger partial charge in [-0.05, 0) is 32.4 Å². The first kappa shape index (κ1) is 12.5. The van der Waals surface area contributed by atoms with Crippen LogP contribution in [0.5, 0.6) is 0 Å². The monoisotopic (exact) mass is 154 g/mol. The van der Waals surface area contributed by atoms with Crippen molar-refractivity contribution in [3.63, 3.8) is 0 Å². The Morgan fingerprint density at radius 2 is 1.36 bits per heavy atom. The van der Waals surface area contributed by atoms with E-state index in [1.807, 2.05) is 0 Å². The Labute approximate surface area is 67.6 Å². The van der Waals surface area contributed by atoms with E-state index in [1.165, 1.54) is 19.9 Å². The number of hydrogen-bond acceptors (Lipinski definition) is 2. The Morgan fingerprint density at radius 1 is 1.18 bits per heavy atom. The van der Waals surface area contributed by atoms with E-state index in [4.69, 9.17) is 0 Å². The molecule has 0 aliphatic carbocycles. The minimum atomic E-state index is 0.0185. The minimum absolute atomic E-state index is 0.0185. The van der Waals surface area contributed by atoms with E-state index in [1.54, 1.807) is 6.92 Å². The molecule has 2 heteroatoms. The van der Waals surface area contributed by atoms with Gasteiger partial charge in [-0.25, -0.2) is 0 Å². The zero-order valence-corrected chi connectivity index (χ0v) is 7.31. The van der Waals surface area contributed by atoms with Crippen molar-refractivity contribution in [2.45, 2.75) is 20.8 Å². The number of rotatable bonds is 2. The number of carbonyl (C=O) groups excluding carboxylic acids is 2. The summed E-state index contributed by atoms with van der Waals surface area (Å²) >= 11 is 0.